The molecule has 7 nitrogen and oxygen atoms in total. The summed E-state index contributed by atoms with van der Waals surface area (Å²) in [4.78, 5) is 13.6. The summed E-state index contributed by atoms with van der Waals surface area (Å²) in [6.07, 6.45) is 0.203. The number of hydrogen-bond donors (Lipinski definition) is 2. The van der Waals surface area contributed by atoms with Gasteiger partial charge in [0.2, 0.25) is 15.9 Å². The first-order chi connectivity index (χ1) is 17.1. The van der Waals surface area contributed by atoms with Crippen LogP contribution >= 0.6 is 0 Å². The van der Waals surface area contributed by atoms with Crippen molar-refractivity contribution in [2.24, 2.45) is 0 Å². The van der Waals surface area contributed by atoms with E-state index in [0.717, 1.165) is 16.7 Å². The van der Waals surface area contributed by atoms with E-state index in [0.29, 0.717) is 22.6 Å². The van der Waals surface area contributed by atoms with E-state index in [4.69, 9.17) is 9.47 Å². The van der Waals surface area contributed by atoms with Crippen LogP contribution in [0, 0.1) is 20.8 Å². The molecule has 1 amide bonds. The first kappa shape index (κ1) is 27.2. The van der Waals surface area contributed by atoms with Crippen LogP contribution in [0.1, 0.15) is 40.8 Å². The number of benzene rings is 3. The van der Waals surface area contributed by atoms with Gasteiger partial charge in [0.25, 0.3) is 0 Å². The van der Waals surface area contributed by atoms with Gasteiger partial charge in [0.15, 0.2) is 11.5 Å². The van der Waals surface area contributed by atoms with Gasteiger partial charge in [-0.2, -0.15) is 4.72 Å². The first-order valence-corrected chi connectivity index (χ1v) is 13.2. The SMILES string of the molecule is COc1ccc([C@@H](C)NC(=O)[C@H](Cc2ccccc2)NS(=O)(=O)c2c(C)cc(C)cc2C)cc1OC. The van der Waals surface area contributed by atoms with Crippen molar-refractivity contribution in [3.8, 4) is 11.5 Å². The molecule has 3 rings (SSSR count). The maximum absolute atomic E-state index is 13.5. The van der Waals surface area contributed by atoms with Crippen LogP contribution in [0.5, 0.6) is 11.5 Å². The first-order valence-electron chi connectivity index (χ1n) is 11.7. The second-order valence-corrected chi connectivity index (χ2v) is 10.6. The van der Waals surface area contributed by atoms with Crippen LogP contribution in [-0.4, -0.2) is 34.6 Å². The van der Waals surface area contributed by atoms with Crippen molar-refractivity contribution in [2.45, 2.75) is 51.1 Å². The van der Waals surface area contributed by atoms with E-state index in [2.05, 4.69) is 10.0 Å². The Bertz CT molecular complexity index is 1300. The van der Waals surface area contributed by atoms with E-state index < -0.39 is 28.0 Å². The zero-order valence-electron chi connectivity index (χ0n) is 21.6. The number of amides is 1. The summed E-state index contributed by atoms with van der Waals surface area (Å²) in [5.74, 6) is 0.702. The van der Waals surface area contributed by atoms with Crippen LogP contribution in [0.2, 0.25) is 0 Å². The van der Waals surface area contributed by atoms with E-state index in [-0.39, 0.29) is 11.3 Å². The predicted octanol–water partition coefficient (Wildman–Crippen LogP) is 4.40. The van der Waals surface area contributed by atoms with Gasteiger partial charge in [-0.3, -0.25) is 4.79 Å². The van der Waals surface area contributed by atoms with Gasteiger partial charge in [0.1, 0.15) is 6.04 Å². The third-order valence-electron chi connectivity index (χ3n) is 6.04. The lowest BCUT2D eigenvalue weighted by atomic mass is 10.0. The van der Waals surface area contributed by atoms with Crippen molar-refractivity contribution in [1.82, 2.24) is 10.0 Å². The summed E-state index contributed by atoms with van der Waals surface area (Å²) in [6.45, 7) is 7.28. The molecule has 0 aromatic heterocycles. The van der Waals surface area contributed by atoms with Gasteiger partial charge in [-0.05, 0) is 68.5 Å². The normalized spacial score (nSPS) is 13.1. The molecular weight excluding hydrogens is 476 g/mol. The van der Waals surface area contributed by atoms with Gasteiger partial charge in [-0.15, -0.1) is 0 Å². The Kier molecular flexibility index (Phi) is 8.76. The van der Waals surface area contributed by atoms with Crippen molar-refractivity contribution in [2.75, 3.05) is 14.2 Å². The van der Waals surface area contributed by atoms with Gasteiger partial charge in [-0.25, -0.2) is 8.42 Å². The number of hydrogen-bond acceptors (Lipinski definition) is 5. The Hall–Kier alpha value is -3.36. The highest BCUT2D eigenvalue weighted by Crippen LogP contribution is 2.30. The summed E-state index contributed by atoms with van der Waals surface area (Å²) < 4.78 is 40.3. The van der Waals surface area contributed by atoms with E-state index in [1.165, 1.54) is 0 Å². The lowest BCUT2D eigenvalue weighted by molar-refractivity contribution is -0.123. The number of nitrogens with one attached hydrogen (secondary N) is 2. The molecule has 0 unspecified atom stereocenters. The maximum Gasteiger partial charge on any atom is 0.241 e. The third-order valence-corrected chi connectivity index (χ3v) is 7.81. The summed E-state index contributed by atoms with van der Waals surface area (Å²) in [7, 11) is -0.868. The largest absolute Gasteiger partial charge is 0.493 e. The minimum Gasteiger partial charge on any atom is -0.493 e. The summed E-state index contributed by atoms with van der Waals surface area (Å²) >= 11 is 0. The monoisotopic (exact) mass is 510 g/mol. The molecule has 192 valence electrons. The fourth-order valence-electron chi connectivity index (χ4n) is 4.39. The van der Waals surface area contributed by atoms with E-state index in [1.54, 1.807) is 40.2 Å². The highest BCUT2D eigenvalue weighted by atomic mass is 32.2. The summed E-state index contributed by atoms with van der Waals surface area (Å²) in [6, 6.07) is 17.0. The van der Waals surface area contributed by atoms with Gasteiger partial charge in [-0.1, -0.05) is 54.1 Å². The van der Waals surface area contributed by atoms with Gasteiger partial charge >= 0.3 is 0 Å². The van der Waals surface area contributed by atoms with Crippen molar-refractivity contribution in [3.63, 3.8) is 0 Å². The van der Waals surface area contributed by atoms with E-state index in [1.807, 2.05) is 62.4 Å². The smallest absolute Gasteiger partial charge is 0.241 e. The molecule has 0 aliphatic carbocycles. The molecule has 0 fully saturated rings. The standard InChI is InChI=1S/C28H34N2O5S/c1-18-14-19(2)27(20(3)15-18)36(32,33)30-24(16-22-10-8-7-9-11-22)28(31)29-21(4)23-12-13-25(34-5)26(17-23)35-6/h7-15,17,21,24,30H,16H2,1-6H3,(H,29,31)/t21-,24+/m1/s1. The molecular formula is C28H34N2O5S. The molecule has 0 bridgehead atoms. The number of sulfonamides is 1. The second kappa shape index (κ2) is 11.6. The molecule has 0 saturated heterocycles. The molecule has 2 atom stereocenters. The van der Waals surface area contributed by atoms with Crippen LogP contribution < -0.4 is 19.5 Å². The maximum atomic E-state index is 13.5. The van der Waals surface area contributed by atoms with Gasteiger partial charge in [0, 0.05) is 0 Å². The molecule has 0 heterocycles. The highest BCUT2D eigenvalue weighted by Gasteiger charge is 2.29. The van der Waals surface area contributed by atoms with Crippen LogP contribution in [-0.2, 0) is 21.2 Å². The number of carbonyl (C=O) groups excluding carboxylic acids is 1. The molecule has 3 aromatic rings. The second-order valence-electron chi connectivity index (χ2n) is 8.94. The van der Waals surface area contributed by atoms with Crippen molar-refractivity contribution in [3.05, 3.63) is 88.5 Å². The topological polar surface area (TPSA) is 93.7 Å². The zero-order valence-corrected chi connectivity index (χ0v) is 22.4. The number of carbonyl (C=O) groups is 1. The lowest BCUT2D eigenvalue weighted by Gasteiger charge is -2.23. The van der Waals surface area contributed by atoms with Crippen LogP contribution in [0.4, 0.5) is 0 Å². The predicted molar refractivity (Wildman–Crippen MR) is 141 cm³/mol. The zero-order chi connectivity index (χ0) is 26.5. The van der Waals surface area contributed by atoms with Crippen LogP contribution in [0.25, 0.3) is 0 Å². The van der Waals surface area contributed by atoms with Crippen LogP contribution in [0.15, 0.2) is 65.6 Å². The minimum atomic E-state index is -3.97. The van der Waals surface area contributed by atoms with Crippen molar-refractivity contribution >= 4 is 15.9 Å². The average Bonchev–Trinajstić information content (AvgIpc) is 2.82. The van der Waals surface area contributed by atoms with Gasteiger partial charge < -0.3 is 14.8 Å². The molecule has 0 spiro atoms. The van der Waals surface area contributed by atoms with Crippen LogP contribution in [0.3, 0.4) is 0 Å². The minimum absolute atomic E-state index is 0.201. The quantitative estimate of drug-likeness (QED) is 0.422. The molecule has 0 aliphatic rings. The molecule has 36 heavy (non-hydrogen) atoms. The average molecular weight is 511 g/mol. The highest BCUT2D eigenvalue weighted by molar-refractivity contribution is 7.89. The number of rotatable bonds is 10. The van der Waals surface area contributed by atoms with E-state index in [9.17, 15) is 13.2 Å². The molecule has 0 radical (unpaired) electrons. The molecule has 2 N–H and O–H groups in total. The van der Waals surface area contributed by atoms with Gasteiger partial charge in [0.05, 0.1) is 25.2 Å². The summed E-state index contributed by atoms with van der Waals surface area (Å²) in [5.41, 5.74) is 3.89. The van der Waals surface area contributed by atoms with Crippen molar-refractivity contribution < 1.29 is 22.7 Å². The Labute approximate surface area is 213 Å². The molecule has 8 heteroatoms. The lowest BCUT2D eigenvalue weighted by Crippen LogP contribution is -2.48. The number of ether oxygens (including phenoxy) is 2. The fraction of sp³-hybridized carbons (Fsp3) is 0.321. The summed E-state index contributed by atoms with van der Waals surface area (Å²) in [5, 5.41) is 2.96. The number of methoxy groups -OCH3 is 2. The molecule has 0 saturated carbocycles. The Morgan fingerprint density at radius 1 is 0.889 bits per heavy atom. The van der Waals surface area contributed by atoms with Crippen molar-refractivity contribution in [1.29, 1.82) is 0 Å². The fourth-order valence-corrected chi connectivity index (χ4v) is 6.04. The Balaban J connectivity index is 1.90. The van der Waals surface area contributed by atoms with E-state index >= 15 is 0 Å². The number of aryl methyl sites for hydroxylation is 3. The molecule has 3 aromatic carbocycles. The molecule has 0 aliphatic heterocycles. The Morgan fingerprint density at radius 2 is 1.50 bits per heavy atom. The Morgan fingerprint density at radius 3 is 2.08 bits per heavy atom. The third kappa shape index (κ3) is 6.44.